The number of hydrogen-bond acceptors (Lipinski definition) is 5. The Bertz CT molecular complexity index is 766. The highest BCUT2D eigenvalue weighted by Crippen LogP contribution is 2.28. The summed E-state index contributed by atoms with van der Waals surface area (Å²) in [5.74, 6) is 1.35. The van der Waals surface area contributed by atoms with Gasteiger partial charge >= 0.3 is 0 Å². The molecule has 0 aromatic heterocycles. The van der Waals surface area contributed by atoms with Crippen LogP contribution < -0.4 is 14.8 Å². The molecular weight excluding hydrogens is 388 g/mol. The Morgan fingerprint density at radius 1 is 1.10 bits per heavy atom. The highest BCUT2D eigenvalue weighted by Gasteiger charge is 2.17. The van der Waals surface area contributed by atoms with Crippen molar-refractivity contribution in [2.24, 2.45) is 0 Å². The topological polar surface area (TPSA) is 54.0 Å². The van der Waals surface area contributed by atoms with Crippen molar-refractivity contribution in [2.45, 2.75) is 31.9 Å². The van der Waals surface area contributed by atoms with Gasteiger partial charge in [0.05, 0.1) is 7.11 Å². The van der Waals surface area contributed by atoms with E-state index in [0.717, 1.165) is 43.2 Å². The van der Waals surface area contributed by atoms with Crippen LogP contribution in [-0.4, -0.2) is 56.0 Å². The quantitative estimate of drug-likeness (QED) is 0.547. The molecule has 1 heterocycles. The lowest BCUT2D eigenvalue weighted by Crippen LogP contribution is -2.33. The number of nitrogens with one attached hydrogen (secondary N) is 1. The van der Waals surface area contributed by atoms with Gasteiger partial charge in [0, 0.05) is 18.1 Å². The van der Waals surface area contributed by atoms with E-state index in [2.05, 4.69) is 16.3 Å². The summed E-state index contributed by atoms with van der Waals surface area (Å²) >= 11 is 6.02. The molecule has 0 spiro atoms. The maximum Gasteiger partial charge on any atom is 0.161 e. The van der Waals surface area contributed by atoms with E-state index in [-0.39, 0.29) is 6.61 Å². The molecular formula is C23H31ClN2O3. The van der Waals surface area contributed by atoms with Crippen molar-refractivity contribution < 1.29 is 14.6 Å². The van der Waals surface area contributed by atoms with Crippen molar-refractivity contribution in [3.05, 3.63) is 58.6 Å². The molecule has 2 N–H and O–H groups in total. The average Bonchev–Trinajstić information content (AvgIpc) is 3.23. The molecule has 1 fully saturated rings. The zero-order valence-electron chi connectivity index (χ0n) is 17.1. The van der Waals surface area contributed by atoms with Crippen molar-refractivity contribution in [1.29, 1.82) is 0 Å². The van der Waals surface area contributed by atoms with Crippen molar-refractivity contribution in [2.75, 3.05) is 39.9 Å². The van der Waals surface area contributed by atoms with Crippen LogP contribution >= 0.6 is 11.6 Å². The summed E-state index contributed by atoms with van der Waals surface area (Å²) in [6.45, 7) is 4.68. The minimum atomic E-state index is -0.495. The van der Waals surface area contributed by atoms with Gasteiger partial charge in [-0.15, -0.1) is 0 Å². The normalized spacial score (nSPS) is 15.4. The molecule has 1 unspecified atom stereocenters. The van der Waals surface area contributed by atoms with Crippen LogP contribution in [-0.2, 0) is 13.0 Å². The van der Waals surface area contributed by atoms with E-state index in [1.807, 2.05) is 36.4 Å². The van der Waals surface area contributed by atoms with Crippen LogP contribution in [0.4, 0.5) is 0 Å². The second kappa shape index (κ2) is 11.4. The Labute approximate surface area is 178 Å². The fourth-order valence-electron chi connectivity index (χ4n) is 3.60. The molecule has 3 rings (SSSR count). The molecule has 0 aliphatic carbocycles. The number of aliphatic hydroxyl groups is 1. The third kappa shape index (κ3) is 7.19. The maximum atomic E-state index is 10.2. The lowest BCUT2D eigenvalue weighted by atomic mass is 10.1. The SMILES string of the molecule is COc1cc(CNCCc2cccc(Cl)c2)ccc1OCC(O)CN1CCCC1. The van der Waals surface area contributed by atoms with Crippen molar-refractivity contribution in [3.8, 4) is 11.5 Å². The van der Waals surface area contributed by atoms with Gasteiger partial charge in [0.15, 0.2) is 11.5 Å². The highest BCUT2D eigenvalue weighted by molar-refractivity contribution is 6.30. The largest absolute Gasteiger partial charge is 0.493 e. The zero-order valence-corrected chi connectivity index (χ0v) is 17.8. The molecule has 0 saturated carbocycles. The number of ether oxygens (including phenoxy) is 2. The molecule has 29 heavy (non-hydrogen) atoms. The fraction of sp³-hybridized carbons (Fsp3) is 0.478. The lowest BCUT2D eigenvalue weighted by molar-refractivity contribution is 0.0747. The molecule has 2 aromatic rings. The monoisotopic (exact) mass is 418 g/mol. The molecule has 1 aliphatic heterocycles. The summed E-state index contributed by atoms with van der Waals surface area (Å²) in [5, 5.41) is 14.4. The Balaban J connectivity index is 1.43. The highest BCUT2D eigenvalue weighted by atomic mass is 35.5. The van der Waals surface area contributed by atoms with Gasteiger partial charge in [0.25, 0.3) is 0 Å². The smallest absolute Gasteiger partial charge is 0.161 e. The van der Waals surface area contributed by atoms with Crippen molar-refractivity contribution in [1.82, 2.24) is 10.2 Å². The Morgan fingerprint density at radius 2 is 1.93 bits per heavy atom. The summed E-state index contributed by atoms with van der Waals surface area (Å²) in [6.07, 6.45) is 2.87. The fourth-order valence-corrected chi connectivity index (χ4v) is 3.81. The van der Waals surface area contributed by atoms with Gasteiger partial charge < -0.3 is 24.8 Å². The molecule has 1 saturated heterocycles. The minimum absolute atomic E-state index is 0.268. The number of halogens is 1. The van der Waals surface area contributed by atoms with Crippen LogP contribution in [0.2, 0.25) is 5.02 Å². The maximum absolute atomic E-state index is 10.2. The number of likely N-dealkylation sites (tertiary alicyclic amines) is 1. The van der Waals surface area contributed by atoms with Crippen molar-refractivity contribution >= 4 is 11.6 Å². The van der Waals surface area contributed by atoms with Gasteiger partial charge in [-0.2, -0.15) is 0 Å². The first-order chi connectivity index (χ1) is 14.1. The number of methoxy groups -OCH3 is 1. The predicted molar refractivity (Wildman–Crippen MR) is 117 cm³/mol. The summed E-state index contributed by atoms with van der Waals surface area (Å²) in [5.41, 5.74) is 2.34. The Morgan fingerprint density at radius 3 is 2.69 bits per heavy atom. The first kappa shape index (κ1) is 21.9. The lowest BCUT2D eigenvalue weighted by Gasteiger charge is -2.20. The van der Waals surface area contributed by atoms with Gasteiger partial charge in [0.2, 0.25) is 0 Å². The number of nitrogens with zero attached hydrogens (tertiary/aromatic N) is 1. The van der Waals surface area contributed by atoms with Crippen LogP contribution in [0, 0.1) is 0 Å². The van der Waals surface area contributed by atoms with E-state index < -0.39 is 6.10 Å². The van der Waals surface area contributed by atoms with Crippen LogP contribution in [0.3, 0.4) is 0 Å². The number of β-amino-alcohol motifs (C(OH)–C–C–N with tert-alkyl or cyclic N) is 1. The second-order valence-corrected chi connectivity index (χ2v) is 7.95. The second-order valence-electron chi connectivity index (χ2n) is 7.51. The molecule has 0 amide bonds. The van der Waals surface area contributed by atoms with E-state index in [9.17, 15) is 5.11 Å². The minimum Gasteiger partial charge on any atom is -0.493 e. The third-order valence-corrected chi connectivity index (χ3v) is 5.37. The summed E-state index contributed by atoms with van der Waals surface area (Å²) < 4.78 is 11.3. The molecule has 1 atom stereocenters. The van der Waals surface area contributed by atoms with Gasteiger partial charge in [0.1, 0.15) is 12.7 Å². The number of aliphatic hydroxyl groups excluding tert-OH is 1. The van der Waals surface area contributed by atoms with E-state index in [1.165, 1.54) is 18.4 Å². The van der Waals surface area contributed by atoms with Crippen LogP contribution in [0.15, 0.2) is 42.5 Å². The number of benzene rings is 2. The molecule has 0 bridgehead atoms. The number of hydrogen-bond donors (Lipinski definition) is 2. The van der Waals surface area contributed by atoms with Gasteiger partial charge in [-0.1, -0.05) is 29.8 Å². The van der Waals surface area contributed by atoms with E-state index in [0.29, 0.717) is 18.0 Å². The molecule has 2 aromatic carbocycles. The van der Waals surface area contributed by atoms with Crippen LogP contribution in [0.5, 0.6) is 11.5 Å². The predicted octanol–water partition coefficient (Wildman–Crippen LogP) is 3.52. The first-order valence-electron chi connectivity index (χ1n) is 10.3. The molecule has 6 heteroatoms. The zero-order chi connectivity index (χ0) is 20.5. The third-order valence-electron chi connectivity index (χ3n) is 5.14. The van der Waals surface area contributed by atoms with E-state index >= 15 is 0 Å². The van der Waals surface area contributed by atoms with Gasteiger partial charge in [-0.3, -0.25) is 0 Å². The standard InChI is InChI=1S/C23H31ClN2O3/c1-28-23-14-19(15-25-10-9-18-5-4-6-20(24)13-18)7-8-22(23)29-17-21(27)16-26-11-2-3-12-26/h4-8,13-14,21,25,27H,2-3,9-12,15-17H2,1H3. The summed E-state index contributed by atoms with van der Waals surface area (Å²) in [4.78, 5) is 2.28. The Kier molecular flexibility index (Phi) is 8.62. The molecule has 158 valence electrons. The Hall–Kier alpha value is -1.79. The van der Waals surface area contributed by atoms with Crippen LogP contribution in [0.1, 0.15) is 24.0 Å². The molecule has 0 radical (unpaired) electrons. The van der Waals surface area contributed by atoms with E-state index in [1.54, 1.807) is 7.11 Å². The molecule has 1 aliphatic rings. The molecule has 5 nitrogen and oxygen atoms in total. The summed E-state index contributed by atoms with van der Waals surface area (Å²) in [6, 6.07) is 13.9. The first-order valence-corrected chi connectivity index (χ1v) is 10.7. The van der Waals surface area contributed by atoms with Gasteiger partial charge in [-0.05, 0) is 74.3 Å². The average molecular weight is 419 g/mol. The summed E-state index contributed by atoms with van der Waals surface area (Å²) in [7, 11) is 1.64. The van der Waals surface area contributed by atoms with Crippen LogP contribution in [0.25, 0.3) is 0 Å². The van der Waals surface area contributed by atoms with E-state index in [4.69, 9.17) is 21.1 Å². The van der Waals surface area contributed by atoms with Crippen molar-refractivity contribution in [3.63, 3.8) is 0 Å². The van der Waals surface area contributed by atoms with Gasteiger partial charge in [-0.25, -0.2) is 0 Å². The number of rotatable bonds is 11.